The molecule has 0 spiro atoms. The Hall–Kier alpha value is -3.52. The maximum atomic E-state index is 13.7. The van der Waals surface area contributed by atoms with Crippen LogP contribution in [-0.4, -0.2) is 28.3 Å². The second-order valence-electron chi connectivity index (χ2n) is 9.08. The van der Waals surface area contributed by atoms with Crippen LogP contribution in [0.5, 0.6) is 0 Å². The number of hydrogen-bond acceptors (Lipinski definition) is 4. The van der Waals surface area contributed by atoms with Gasteiger partial charge in [-0.25, -0.2) is 9.37 Å². The van der Waals surface area contributed by atoms with E-state index in [1.54, 1.807) is 24.3 Å². The van der Waals surface area contributed by atoms with E-state index in [9.17, 15) is 27.5 Å². The zero-order valence-corrected chi connectivity index (χ0v) is 19.7. The fourth-order valence-electron chi connectivity index (χ4n) is 4.16. The molecule has 1 saturated heterocycles. The van der Waals surface area contributed by atoms with Crippen LogP contribution in [0.25, 0.3) is 28.6 Å². The van der Waals surface area contributed by atoms with E-state index in [0.29, 0.717) is 28.1 Å². The van der Waals surface area contributed by atoms with Crippen molar-refractivity contribution >= 4 is 12.0 Å². The summed E-state index contributed by atoms with van der Waals surface area (Å²) in [5, 5.41) is 9.93. The first-order chi connectivity index (χ1) is 17.0. The van der Waals surface area contributed by atoms with Crippen molar-refractivity contribution in [2.45, 2.75) is 51.0 Å². The van der Waals surface area contributed by atoms with Crippen LogP contribution in [-0.2, 0) is 15.7 Å². The molecule has 3 aromatic rings. The molecule has 1 aromatic heterocycles. The summed E-state index contributed by atoms with van der Waals surface area (Å²) in [5.41, 5.74) is 2.93. The van der Waals surface area contributed by atoms with Crippen molar-refractivity contribution in [3.8, 4) is 22.5 Å². The van der Waals surface area contributed by atoms with E-state index in [1.165, 1.54) is 24.3 Å². The van der Waals surface area contributed by atoms with Gasteiger partial charge in [0.25, 0.3) is 0 Å². The van der Waals surface area contributed by atoms with E-state index in [4.69, 9.17) is 9.72 Å². The predicted octanol–water partition coefficient (Wildman–Crippen LogP) is 6.78. The lowest BCUT2D eigenvalue weighted by Gasteiger charge is -2.24. The highest BCUT2D eigenvalue weighted by molar-refractivity contribution is 5.78. The molecule has 4 nitrogen and oxygen atoms in total. The van der Waals surface area contributed by atoms with Gasteiger partial charge >= 0.3 is 12.1 Å². The Morgan fingerprint density at radius 1 is 1.06 bits per heavy atom. The fourth-order valence-corrected chi connectivity index (χ4v) is 4.16. The van der Waals surface area contributed by atoms with Gasteiger partial charge < -0.3 is 9.84 Å². The van der Waals surface area contributed by atoms with Crippen molar-refractivity contribution in [1.29, 1.82) is 0 Å². The molecule has 2 aromatic carbocycles. The molecule has 0 amide bonds. The van der Waals surface area contributed by atoms with E-state index in [-0.39, 0.29) is 18.8 Å². The smallest absolute Gasteiger partial charge is 0.416 e. The van der Waals surface area contributed by atoms with E-state index in [0.717, 1.165) is 17.7 Å². The van der Waals surface area contributed by atoms with Crippen molar-refractivity contribution in [2.75, 3.05) is 0 Å². The van der Waals surface area contributed by atoms with Crippen LogP contribution in [0.1, 0.15) is 49.3 Å². The number of aromatic nitrogens is 1. The summed E-state index contributed by atoms with van der Waals surface area (Å²) in [4.78, 5) is 16.5. The summed E-state index contributed by atoms with van der Waals surface area (Å²) in [5.74, 6) is -0.900. The number of esters is 1. The highest BCUT2D eigenvalue weighted by Crippen LogP contribution is 2.36. The molecule has 8 heteroatoms. The summed E-state index contributed by atoms with van der Waals surface area (Å²) >= 11 is 0. The number of alkyl halides is 3. The molecule has 0 unspecified atom stereocenters. The molecule has 0 saturated carbocycles. The molecule has 1 fully saturated rings. The molecule has 0 aliphatic carbocycles. The number of carbonyl (C=O) groups excluding carboxylic acids is 1. The largest absolute Gasteiger partial charge is 0.458 e. The average molecular weight is 500 g/mol. The fraction of sp³-hybridized carbons (Fsp3) is 0.286. The first-order valence-corrected chi connectivity index (χ1v) is 11.6. The van der Waals surface area contributed by atoms with Crippen LogP contribution >= 0.6 is 0 Å². The van der Waals surface area contributed by atoms with Gasteiger partial charge in [0, 0.05) is 23.1 Å². The Labute approximate surface area is 206 Å². The number of nitrogens with zero attached hydrogens (tertiary/aromatic N) is 1. The minimum atomic E-state index is -4.45. The van der Waals surface area contributed by atoms with Gasteiger partial charge in [-0.3, -0.25) is 4.79 Å². The summed E-state index contributed by atoms with van der Waals surface area (Å²) in [6, 6.07) is 12.4. The number of aliphatic hydroxyl groups excluding tert-OH is 1. The Kier molecular flexibility index (Phi) is 7.26. The number of halogens is 4. The number of hydrogen-bond donors (Lipinski definition) is 1. The average Bonchev–Trinajstić information content (AvgIpc) is 2.81. The second-order valence-corrected chi connectivity index (χ2v) is 9.08. The molecule has 1 N–H and O–H groups in total. The first kappa shape index (κ1) is 25.6. The van der Waals surface area contributed by atoms with Gasteiger partial charge in [-0.2, -0.15) is 13.2 Å². The lowest BCUT2D eigenvalue weighted by atomic mass is 9.91. The highest BCUT2D eigenvalue weighted by Gasteiger charge is 2.30. The van der Waals surface area contributed by atoms with Gasteiger partial charge in [-0.05, 0) is 60.0 Å². The molecule has 2 atom stereocenters. The molecule has 188 valence electrons. The number of carbonyl (C=O) groups is 1. The normalized spacial score (nSPS) is 18.6. The van der Waals surface area contributed by atoms with Gasteiger partial charge in [0.05, 0.1) is 29.5 Å². The molecule has 0 radical (unpaired) electrons. The molecule has 1 aliphatic heterocycles. The van der Waals surface area contributed by atoms with Crippen LogP contribution in [0.15, 0.2) is 60.7 Å². The van der Waals surface area contributed by atoms with Crippen molar-refractivity contribution in [2.24, 2.45) is 0 Å². The molecule has 2 heterocycles. The van der Waals surface area contributed by atoms with Crippen molar-refractivity contribution in [1.82, 2.24) is 4.98 Å². The topological polar surface area (TPSA) is 59.4 Å². The second kappa shape index (κ2) is 10.2. The highest BCUT2D eigenvalue weighted by atomic mass is 19.4. The van der Waals surface area contributed by atoms with Crippen LogP contribution in [0, 0.1) is 5.82 Å². The maximum Gasteiger partial charge on any atom is 0.416 e. The van der Waals surface area contributed by atoms with Crippen molar-refractivity contribution < 1.29 is 32.2 Å². The van der Waals surface area contributed by atoms with Gasteiger partial charge in [-0.1, -0.05) is 32.1 Å². The predicted molar refractivity (Wildman–Crippen MR) is 128 cm³/mol. The summed E-state index contributed by atoms with van der Waals surface area (Å²) < 4.78 is 58.1. The zero-order valence-electron chi connectivity index (χ0n) is 19.7. The lowest BCUT2D eigenvalue weighted by Crippen LogP contribution is -2.31. The summed E-state index contributed by atoms with van der Waals surface area (Å²) in [7, 11) is 0. The van der Waals surface area contributed by atoms with Gasteiger partial charge in [0.15, 0.2) is 0 Å². The number of cyclic esters (lactones) is 1. The molecular weight excluding hydrogens is 474 g/mol. The van der Waals surface area contributed by atoms with Crippen LogP contribution in [0.3, 0.4) is 0 Å². The maximum absolute atomic E-state index is 13.7. The Morgan fingerprint density at radius 3 is 2.28 bits per heavy atom. The van der Waals surface area contributed by atoms with E-state index >= 15 is 0 Å². The number of ether oxygens (including phenoxy) is 1. The molecular formula is C28H25F4NO3. The van der Waals surface area contributed by atoms with E-state index < -0.39 is 35.7 Å². The number of benzene rings is 2. The van der Waals surface area contributed by atoms with E-state index in [2.05, 4.69) is 0 Å². The quantitative estimate of drug-likeness (QED) is 0.311. The van der Waals surface area contributed by atoms with Crippen LogP contribution in [0.2, 0.25) is 0 Å². The van der Waals surface area contributed by atoms with Crippen LogP contribution < -0.4 is 0 Å². The number of pyridine rings is 1. The van der Waals surface area contributed by atoms with Gasteiger partial charge in [0.1, 0.15) is 11.9 Å². The van der Waals surface area contributed by atoms with Crippen LogP contribution in [0.4, 0.5) is 17.6 Å². The third-order valence-corrected chi connectivity index (χ3v) is 6.01. The first-order valence-electron chi connectivity index (χ1n) is 11.6. The Balaban J connectivity index is 1.84. The number of aliphatic hydroxyl groups is 1. The third-order valence-electron chi connectivity index (χ3n) is 6.01. The lowest BCUT2D eigenvalue weighted by molar-refractivity contribution is -0.156. The standard InChI is InChI=1S/C28H25F4NO3/c1-16(2)24-15-25(17-3-7-19(8-4-17)28(30,31)32)33-27(18-5-9-20(29)10-6-18)23(24)12-11-22-13-21(34)14-26(35)36-22/h3-12,15-16,21-22,34H,13-14H2,1-2H3/t21-,22-/m1/s1. The van der Waals surface area contributed by atoms with Gasteiger partial charge in [0.2, 0.25) is 0 Å². The molecule has 4 rings (SSSR count). The number of rotatable bonds is 5. The molecule has 36 heavy (non-hydrogen) atoms. The Bertz CT molecular complexity index is 1270. The monoisotopic (exact) mass is 499 g/mol. The minimum absolute atomic E-state index is 0.000423. The molecule has 1 aliphatic rings. The van der Waals surface area contributed by atoms with Crippen molar-refractivity contribution in [3.05, 3.63) is 83.2 Å². The van der Waals surface area contributed by atoms with E-state index in [1.807, 2.05) is 19.9 Å². The van der Waals surface area contributed by atoms with Crippen molar-refractivity contribution in [3.63, 3.8) is 0 Å². The van der Waals surface area contributed by atoms with Gasteiger partial charge in [-0.15, -0.1) is 0 Å². The summed E-state index contributed by atoms with van der Waals surface area (Å²) in [6.45, 7) is 3.95. The molecule has 0 bridgehead atoms. The summed E-state index contributed by atoms with van der Waals surface area (Å²) in [6.07, 6.45) is -2.17. The third kappa shape index (κ3) is 5.82. The zero-order chi connectivity index (χ0) is 26.0. The Morgan fingerprint density at radius 2 is 1.69 bits per heavy atom. The SMILES string of the molecule is CC(C)c1cc(-c2ccc(C(F)(F)F)cc2)nc(-c2ccc(F)cc2)c1C=C[C@@H]1C[C@@H](O)CC(=O)O1. The minimum Gasteiger partial charge on any atom is -0.458 e.